The number of hydrogen-bond acceptors (Lipinski definition) is 2. The number of carbonyl (C=O) groups is 1. The highest BCUT2D eigenvalue weighted by molar-refractivity contribution is 9.10. The number of halogens is 2. The van der Waals surface area contributed by atoms with Crippen molar-refractivity contribution in [3.63, 3.8) is 0 Å². The molecule has 0 fully saturated rings. The van der Waals surface area contributed by atoms with Crippen molar-refractivity contribution in [2.75, 3.05) is 0 Å². The molecule has 3 aromatic carbocycles. The van der Waals surface area contributed by atoms with E-state index in [2.05, 4.69) is 31.9 Å². The Labute approximate surface area is 175 Å². The zero-order valence-electron chi connectivity index (χ0n) is 14.3. The maximum atomic E-state index is 13.1. The van der Waals surface area contributed by atoms with Gasteiger partial charge in [0.05, 0.1) is 11.8 Å². The van der Waals surface area contributed by atoms with E-state index in [1.54, 1.807) is 5.01 Å². The monoisotopic (exact) mass is 482 g/mol. The summed E-state index contributed by atoms with van der Waals surface area (Å²) in [5.74, 6) is -0.0874. The molecular formula is C22H16Br2N2O. The van der Waals surface area contributed by atoms with E-state index in [-0.39, 0.29) is 11.9 Å². The third-order valence-electron chi connectivity index (χ3n) is 4.57. The van der Waals surface area contributed by atoms with Crippen molar-refractivity contribution < 1.29 is 4.79 Å². The first kappa shape index (κ1) is 18.1. The van der Waals surface area contributed by atoms with Gasteiger partial charge in [-0.3, -0.25) is 4.79 Å². The van der Waals surface area contributed by atoms with Gasteiger partial charge in [-0.2, -0.15) is 5.10 Å². The smallest absolute Gasteiger partial charge is 0.267 e. The molecule has 0 aromatic heterocycles. The highest BCUT2D eigenvalue weighted by Crippen LogP contribution is 2.34. The van der Waals surface area contributed by atoms with E-state index in [0.717, 1.165) is 25.8 Å². The molecule has 1 atom stereocenters. The van der Waals surface area contributed by atoms with Gasteiger partial charge in [-0.15, -0.1) is 0 Å². The van der Waals surface area contributed by atoms with E-state index in [4.69, 9.17) is 5.10 Å². The average Bonchev–Trinajstić information content (AvgIpc) is 3.14. The van der Waals surface area contributed by atoms with Gasteiger partial charge in [0.25, 0.3) is 5.91 Å². The second-order valence-corrected chi connectivity index (χ2v) is 8.17. The molecule has 0 spiro atoms. The average molecular weight is 484 g/mol. The van der Waals surface area contributed by atoms with E-state index in [0.29, 0.717) is 12.0 Å². The highest BCUT2D eigenvalue weighted by atomic mass is 79.9. The lowest BCUT2D eigenvalue weighted by atomic mass is 9.98. The van der Waals surface area contributed by atoms with Crippen molar-refractivity contribution in [3.8, 4) is 0 Å². The van der Waals surface area contributed by atoms with Gasteiger partial charge in [0.1, 0.15) is 0 Å². The molecule has 0 aliphatic carbocycles. The van der Waals surface area contributed by atoms with Crippen molar-refractivity contribution >= 4 is 43.5 Å². The fraction of sp³-hybridized carbons (Fsp3) is 0.0909. The molecule has 4 rings (SSSR count). The molecule has 134 valence electrons. The second kappa shape index (κ2) is 7.79. The van der Waals surface area contributed by atoms with Crippen LogP contribution in [0.4, 0.5) is 0 Å². The summed E-state index contributed by atoms with van der Waals surface area (Å²) in [4.78, 5) is 13.1. The van der Waals surface area contributed by atoms with Crippen LogP contribution >= 0.6 is 31.9 Å². The predicted molar refractivity (Wildman–Crippen MR) is 115 cm³/mol. The molecule has 0 saturated carbocycles. The van der Waals surface area contributed by atoms with E-state index in [1.165, 1.54) is 0 Å². The van der Waals surface area contributed by atoms with E-state index in [9.17, 15) is 4.79 Å². The van der Waals surface area contributed by atoms with Crippen LogP contribution in [0.2, 0.25) is 0 Å². The first-order valence-corrected chi connectivity index (χ1v) is 10.2. The Bertz CT molecular complexity index is 983. The molecule has 1 amide bonds. The van der Waals surface area contributed by atoms with Crippen LogP contribution in [0, 0.1) is 0 Å². The lowest BCUT2D eigenvalue weighted by Gasteiger charge is -2.22. The molecule has 0 saturated heterocycles. The Balaban J connectivity index is 1.72. The molecule has 1 unspecified atom stereocenters. The van der Waals surface area contributed by atoms with Gasteiger partial charge < -0.3 is 0 Å². The first-order valence-electron chi connectivity index (χ1n) is 8.59. The largest absolute Gasteiger partial charge is 0.274 e. The quantitative estimate of drug-likeness (QED) is 0.436. The van der Waals surface area contributed by atoms with Crippen molar-refractivity contribution in [3.05, 3.63) is 104 Å². The van der Waals surface area contributed by atoms with Crippen LogP contribution in [0.3, 0.4) is 0 Å². The summed E-state index contributed by atoms with van der Waals surface area (Å²) < 4.78 is 2.03. The third-order valence-corrected chi connectivity index (χ3v) is 5.63. The summed E-state index contributed by atoms with van der Waals surface area (Å²) in [5, 5.41) is 6.34. The minimum absolute atomic E-state index is 0.0874. The van der Waals surface area contributed by atoms with Crippen molar-refractivity contribution in [1.82, 2.24) is 5.01 Å². The SMILES string of the molecule is O=C(c1ccccc1)N1N=C(c2ccc(Br)cc2)CC1c1ccc(Br)cc1. The van der Waals surface area contributed by atoms with Crippen LogP contribution in [0.15, 0.2) is 92.9 Å². The zero-order valence-corrected chi connectivity index (χ0v) is 17.5. The van der Waals surface area contributed by atoms with Crippen molar-refractivity contribution in [2.24, 2.45) is 5.10 Å². The fourth-order valence-corrected chi connectivity index (χ4v) is 3.70. The molecule has 0 N–H and O–H groups in total. The highest BCUT2D eigenvalue weighted by Gasteiger charge is 2.33. The Morgan fingerprint density at radius 2 is 1.44 bits per heavy atom. The number of hydrazone groups is 1. The Kier molecular flexibility index (Phi) is 5.23. The maximum absolute atomic E-state index is 13.1. The summed E-state index contributed by atoms with van der Waals surface area (Å²) in [6, 6.07) is 25.3. The number of hydrogen-bond donors (Lipinski definition) is 0. The van der Waals surface area contributed by atoms with Crippen LogP contribution in [0.25, 0.3) is 0 Å². The van der Waals surface area contributed by atoms with Crippen LogP contribution in [-0.4, -0.2) is 16.6 Å². The zero-order chi connectivity index (χ0) is 18.8. The molecule has 0 bridgehead atoms. The summed E-state index contributed by atoms with van der Waals surface area (Å²) >= 11 is 6.94. The van der Waals surface area contributed by atoms with Gasteiger partial charge in [0.15, 0.2) is 0 Å². The Morgan fingerprint density at radius 3 is 2.07 bits per heavy atom. The van der Waals surface area contributed by atoms with Crippen molar-refractivity contribution in [2.45, 2.75) is 12.5 Å². The lowest BCUT2D eigenvalue weighted by Crippen LogP contribution is -2.27. The standard InChI is InChI=1S/C22H16Br2N2O/c23-18-10-6-15(7-11-18)20-14-21(16-8-12-19(24)13-9-16)26(25-20)22(27)17-4-2-1-3-5-17/h1-13,21H,14H2. The number of carbonyl (C=O) groups excluding carboxylic acids is 1. The third kappa shape index (κ3) is 3.89. The summed E-state index contributed by atoms with van der Waals surface area (Å²) in [7, 11) is 0. The fourth-order valence-electron chi connectivity index (χ4n) is 3.17. The first-order chi connectivity index (χ1) is 13.1. The summed E-state index contributed by atoms with van der Waals surface area (Å²) in [6.07, 6.45) is 0.682. The van der Waals surface area contributed by atoms with Gasteiger partial charge in [-0.1, -0.05) is 74.3 Å². The Hall–Kier alpha value is -2.24. The van der Waals surface area contributed by atoms with E-state index in [1.807, 2.05) is 78.9 Å². The van der Waals surface area contributed by atoms with Crippen molar-refractivity contribution in [1.29, 1.82) is 0 Å². The number of benzene rings is 3. The molecule has 3 aromatic rings. The van der Waals surface area contributed by atoms with Gasteiger partial charge in [-0.05, 0) is 47.5 Å². The molecule has 1 aliphatic heterocycles. The van der Waals surface area contributed by atoms with E-state index < -0.39 is 0 Å². The molecule has 3 nitrogen and oxygen atoms in total. The topological polar surface area (TPSA) is 32.7 Å². The second-order valence-electron chi connectivity index (χ2n) is 6.34. The van der Waals surface area contributed by atoms with Crippen LogP contribution in [0.1, 0.15) is 33.9 Å². The molecule has 1 aliphatic rings. The number of nitrogens with zero attached hydrogens (tertiary/aromatic N) is 2. The molecule has 5 heteroatoms. The van der Waals surface area contributed by atoms with Crippen LogP contribution in [-0.2, 0) is 0 Å². The summed E-state index contributed by atoms with van der Waals surface area (Å²) in [5.41, 5.74) is 3.65. The molecule has 1 heterocycles. The Morgan fingerprint density at radius 1 is 0.852 bits per heavy atom. The normalized spacial score (nSPS) is 16.3. The maximum Gasteiger partial charge on any atom is 0.274 e. The molecule has 0 radical (unpaired) electrons. The van der Waals surface area contributed by atoms with Crippen LogP contribution < -0.4 is 0 Å². The van der Waals surface area contributed by atoms with E-state index >= 15 is 0 Å². The van der Waals surface area contributed by atoms with Gasteiger partial charge in [-0.25, -0.2) is 5.01 Å². The summed E-state index contributed by atoms with van der Waals surface area (Å²) in [6.45, 7) is 0. The minimum atomic E-state index is -0.121. The molecule has 27 heavy (non-hydrogen) atoms. The predicted octanol–water partition coefficient (Wildman–Crippen LogP) is 6.20. The van der Waals surface area contributed by atoms with Gasteiger partial charge in [0.2, 0.25) is 0 Å². The van der Waals surface area contributed by atoms with Crippen LogP contribution in [0.5, 0.6) is 0 Å². The minimum Gasteiger partial charge on any atom is -0.267 e. The number of rotatable bonds is 3. The van der Waals surface area contributed by atoms with Gasteiger partial charge in [0, 0.05) is 20.9 Å². The lowest BCUT2D eigenvalue weighted by molar-refractivity contribution is 0.0711. The van der Waals surface area contributed by atoms with Gasteiger partial charge >= 0.3 is 0 Å². The molecular weight excluding hydrogens is 468 g/mol. The number of amides is 1.